The molecule has 2 aliphatic heterocycles. The van der Waals surface area contributed by atoms with Crippen LogP contribution in [0.4, 0.5) is 14.6 Å². The van der Waals surface area contributed by atoms with E-state index in [4.69, 9.17) is 10.5 Å². The van der Waals surface area contributed by atoms with Gasteiger partial charge in [0.25, 0.3) is 5.91 Å². The molecule has 0 unspecified atom stereocenters. The van der Waals surface area contributed by atoms with Gasteiger partial charge in [0.15, 0.2) is 0 Å². The molecule has 1 aromatic heterocycles. The summed E-state index contributed by atoms with van der Waals surface area (Å²) in [5, 5.41) is 3.04. The first kappa shape index (κ1) is 24.2. The van der Waals surface area contributed by atoms with E-state index in [1.54, 1.807) is 6.07 Å². The molecule has 3 aromatic carbocycles. The van der Waals surface area contributed by atoms with Crippen molar-refractivity contribution in [3.63, 3.8) is 0 Å². The van der Waals surface area contributed by atoms with E-state index in [0.717, 1.165) is 45.1 Å². The first-order chi connectivity index (χ1) is 18.2. The van der Waals surface area contributed by atoms with Gasteiger partial charge in [0.05, 0.1) is 0 Å². The average molecular weight is 512 g/mol. The molecule has 5 nitrogen and oxygen atoms in total. The number of carbonyl (C=O) groups excluding carboxylic acids is 1. The Labute approximate surface area is 219 Å². The zero-order valence-electron chi connectivity index (χ0n) is 21.3. The SMILES string of the molecule is Cc1nc(N)cc(C(C)C)c1CNC(=O)c1ccc2c(c1)[C@@H]1O[C@H]2c2cc(-c3ccc(F)cc3F)ccc21. The number of rotatable bonds is 5. The van der Waals surface area contributed by atoms with Crippen LogP contribution in [0.3, 0.4) is 0 Å². The summed E-state index contributed by atoms with van der Waals surface area (Å²) in [6, 6.07) is 16.8. The van der Waals surface area contributed by atoms with Gasteiger partial charge in [-0.2, -0.15) is 0 Å². The topological polar surface area (TPSA) is 77.2 Å². The number of ether oxygens (including phenoxy) is 1. The molecule has 0 fully saturated rings. The number of fused-ring (bicyclic) bond motifs is 8. The molecular weight excluding hydrogens is 484 g/mol. The van der Waals surface area contributed by atoms with Crippen LogP contribution in [-0.4, -0.2) is 10.9 Å². The van der Waals surface area contributed by atoms with Gasteiger partial charge in [-0.3, -0.25) is 4.79 Å². The largest absolute Gasteiger partial charge is 0.384 e. The number of hydrogen-bond acceptors (Lipinski definition) is 4. The van der Waals surface area contributed by atoms with Crippen LogP contribution in [0, 0.1) is 18.6 Å². The van der Waals surface area contributed by atoms with Crippen molar-refractivity contribution < 1.29 is 18.3 Å². The molecule has 3 N–H and O–H groups in total. The van der Waals surface area contributed by atoms with E-state index < -0.39 is 11.6 Å². The average Bonchev–Trinajstić information content (AvgIpc) is 3.44. The number of anilines is 1. The monoisotopic (exact) mass is 511 g/mol. The summed E-state index contributed by atoms with van der Waals surface area (Å²) in [6.45, 7) is 6.44. The van der Waals surface area contributed by atoms with Crippen LogP contribution in [0.2, 0.25) is 0 Å². The summed E-state index contributed by atoms with van der Waals surface area (Å²) in [4.78, 5) is 17.5. The highest BCUT2D eigenvalue weighted by molar-refractivity contribution is 5.94. The Hall–Kier alpha value is -4.10. The Morgan fingerprint density at radius 3 is 2.39 bits per heavy atom. The molecule has 2 atom stereocenters. The van der Waals surface area contributed by atoms with Gasteiger partial charge in [-0.1, -0.05) is 32.0 Å². The van der Waals surface area contributed by atoms with Crippen molar-refractivity contribution in [2.45, 2.75) is 45.4 Å². The second kappa shape index (κ2) is 9.03. The van der Waals surface area contributed by atoms with Crippen LogP contribution < -0.4 is 11.1 Å². The predicted molar refractivity (Wildman–Crippen MR) is 142 cm³/mol. The molecule has 0 saturated heterocycles. The molecule has 38 heavy (non-hydrogen) atoms. The van der Waals surface area contributed by atoms with Crippen LogP contribution >= 0.6 is 0 Å². The summed E-state index contributed by atoms with van der Waals surface area (Å²) in [5.74, 6) is -0.660. The summed E-state index contributed by atoms with van der Waals surface area (Å²) >= 11 is 0. The summed E-state index contributed by atoms with van der Waals surface area (Å²) in [7, 11) is 0. The highest BCUT2D eigenvalue weighted by Crippen LogP contribution is 2.54. The van der Waals surface area contributed by atoms with E-state index in [2.05, 4.69) is 24.1 Å². The second-order valence-electron chi connectivity index (χ2n) is 10.2. The predicted octanol–water partition coefficient (Wildman–Crippen LogP) is 6.49. The Bertz CT molecular complexity index is 1620. The van der Waals surface area contributed by atoms with Gasteiger partial charge in [-0.05, 0) is 88.2 Å². The summed E-state index contributed by atoms with van der Waals surface area (Å²) in [6.07, 6.45) is -0.580. The molecule has 4 aromatic rings. The number of carbonyl (C=O) groups is 1. The molecule has 0 spiro atoms. The summed E-state index contributed by atoms with van der Waals surface area (Å²) < 4.78 is 34.1. The third-order valence-electron chi connectivity index (χ3n) is 7.51. The van der Waals surface area contributed by atoms with Crippen molar-refractivity contribution in [3.8, 4) is 11.1 Å². The lowest BCUT2D eigenvalue weighted by atomic mass is 9.83. The summed E-state index contributed by atoms with van der Waals surface area (Å²) in [5.41, 5.74) is 14.3. The number of nitrogens with two attached hydrogens (primary N) is 1. The van der Waals surface area contributed by atoms with Gasteiger partial charge in [-0.15, -0.1) is 0 Å². The molecule has 6 rings (SSSR count). The van der Waals surface area contributed by atoms with E-state index in [0.29, 0.717) is 29.1 Å². The lowest BCUT2D eigenvalue weighted by Crippen LogP contribution is -2.25. The van der Waals surface area contributed by atoms with Crippen molar-refractivity contribution in [2.75, 3.05) is 5.73 Å². The van der Waals surface area contributed by atoms with Gasteiger partial charge >= 0.3 is 0 Å². The molecule has 192 valence electrons. The first-order valence-electron chi connectivity index (χ1n) is 12.6. The fourth-order valence-electron chi connectivity index (χ4n) is 5.64. The van der Waals surface area contributed by atoms with Crippen LogP contribution in [0.15, 0.2) is 60.7 Å². The van der Waals surface area contributed by atoms with E-state index in [9.17, 15) is 13.6 Å². The van der Waals surface area contributed by atoms with E-state index in [1.807, 2.05) is 43.3 Å². The smallest absolute Gasteiger partial charge is 0.251 e. The molecular formula is C31H27F2N3O2. The molecule has 2 bridgehead atoms. The number of pyridine rings is 1. The number of aryl methyl sites for hydroxylation is 1. The number of halogens is 2. The van der Waals surface area contributed by atoms with E-state index in [-0.39, 0.29) is 24.0 Å². The second-order valence-corrected chi connectivity index (χ2v) is 10.2. The minimum Gasteiger partial charge on any atom is -0.384 e. The Balaban J connectivity index is 1.24. The number of benzene rings is 3. The lowest BCUT2D eigenvalue weighted by molar-refractivity contribution is 0.0857. The molecule has 3 heterocycles. The minimum atomic E-state index is -0.607. The number of hydrogen-bond donors (Lipinski definition) is 2. The van der Waals surface area contributed by atoms with E-state index >= 15 is 0 Å². The number of aromatic nitrogens is 1. The lowest BCUT2D eigenvalue weighted by Gasteiger charge is -2.19. The molecule has 7 heteroatoms. The quantitative estimate of drug-likeness (QED) is 0.321. The Morgan fingerprint density at radius 1 is 0.974 bits per heavy atom. The molecule has 1 amide bonds. The van der Waals surface area contributed by atoms with Gasteiger partial charge < -0.3 is 15.8 Å². The molecule has 2 aliphatic rings. The first-order valence-corrected chi connectivity index (χ1v) is 12.6. The number of amides is 1. The third-order valence-corrected chi connectivity index (χ3v) is 7.51. The highest BCUT2D eigenvalue weighted by atomic mass is 19.1. The zero-order valence-corrected chi connectivity index (χ0v) is 21.3. The third kappa shape index (κ3) is 3.94. The molecule has 0 aliphatic carbocycles. The number of nitrogen functional groups attached to an aromatic ring is 1. The van der Waals surface area contributed by atoms with Gasteiger partial charge in [-0.25, -0.2) is 13.8 Å². The maximum atomic E-state index is 14.4. The van der Waals surface area contributed by atoms with E-state index in [1.165, 1.54) is 12.1 Å². The Morgan fingerprint density at radius 2 is 1.68 bits per heavy atom. The fraction of sp³-hybridized carbons (Fsp3) is 0.226. The maximum absolute atomic E-state index is 14.4. The zero-order chi connectivity index (χ0) is 26.7. The number of nitrogens with zero attached hydrogens (tertiary/aromatic N) is 1. The van der Waals surface area contributed by atoms with Crippen molar-refractivity contribution >= 4 is 11.7 Å². The maximum Gasteiger partial charge on any atom is 0.251 e. The van der Waals surface area contributed by atoms with Crippen LogP contribution in [0.1, 0.15) is 81.4 Å². The van der Waals surface area contributed by atoms with Crippen molar-refractivity contribution in [2.24, 2.45) is 0 Å². The van der Waals surface area contributed by atoms with Crippen molar-refractivity contribution in [1.29, 1.82) is 0 Å². The normalized spacial score (nSPS) is 17.0. The molecule has 0 saturated carbocycles. The van der Waals surface area contributed by atoms with Crippen molar-refractivity contribution in [1.82, 2.24) is 10.3 Å². The van der Waals surface area contributed by atoms with Gasteiger partial charge in [0.2, 0.25) is 0 Å². The molecule has 0 radical (unpaired) electrons. The van der Waals surface area contributed by atoms with Gasteiger partial charge in [0, 0.05) is 29.4 Å². The number of nitrogens with one attached hydrogen (secondary N) is 1. The standard InChI is InChI=1S/C31H27F2N3O2/c1-15(2)23-13-28(34)36-16(3)26(23)14-35-31(37)18-5-8-22-25(11-18)30-21-7-4-17(10-24(21)29(22)38-30)20-9-6-19(32)12-27(20)33/h4-13,15,29-30H,14H2,1-3H3,(H2,34,36)(H,35,37)/t29-,30-/m1/s1. The van der Waals surface area contributed by atoms with Crippen LogP contribution in [0.5, 0.6) is 0 Å². The highest BCUT2D eigenvalue weighted by Gasteiger charge is 2.43. The van der Waals surface area contributed by atoms with Crippen LogP contribution in [0.25, 0.3) is 11.1 Å². The van der Waals surface area contributed by atoms with Crippen LogP contribution in [-0.2, 0) is 11.3 Å². The Kier molecular flexibility index (Phi) is 5.76. The van der Waals surface area contributed by atoms with Gasteiger partial charge in [0.1, 0.15) is 29.7 Å². The van der Waals surface area contributed by atoms with Crippen molar-refractivity contribution in [3.05, 3.63) is 117 Å². The minimum absolute atomic E-state index is 0.177. The fourth-order valence-corrected chi connectivity index (χ4v) is 5.64.